The predicted molar refractivity (Wildman–Crippen MR) is 83.1 cm³/mol. The molecule has 0 unspecified atom stereocenters. The molecule has 0 bridgehead atoms. The zero-order chi connectivity index (χ0) is 15.3. The second-order valence-corrected chi connectivity index (χ2v) is 5.58. The van der Waals surface area contributed by atoms with Crippen molar-refractivity contribution >= 4 is 5.95 Å². The lowest BCUT2D eigenvalue weighted by atomic mass is 9.95. The number of nitrogens with one attached hydrogen (secondary N) is 1. The van der Waals surface area contributed by atoms with Crippen LogP contribution >= 0.6 is 0 Å². The van der Waals surface area contributed by atoms with E-state index >= 15 is 0 Å². The van der Waals surface area contributed by atoms with E-state index in [1.54, 1.807) is 20.3 Å². The molecule has 21 heavy (non-hydrogen) atoms. The Morgan fingerprint density at radius 2 is 1.76 bits per heavy atom. The average Bonchev–Trinajstić information content (AvgIpc) is 3.01. The summed E-state index contributed by atoms with van der Waals surface area (Å²) in [5.74, 6) is 1.57. The van der Waals surface area contributed by atoms with Crippen molar-refractivity contribution in [1.82, 2.24) is 14.9 Å². The van der Waals surface area contributed by atoms with E-state index in [9.17, 15) is 0 Å². The van der Waals surface area contributed by atoms with Crippen LogP contribution in [-0.2, 0) is 0 Å². The Morgan fingerprint density at radius 1 is 1.19 bits per heavy atom. The molecule has 2 rings (SSSR count). The highest BCUT2D eigenvalue weighted by molar-refractivity contribution is 5.34. The first kappa shape index (κ1) is 15.8. The van der Waals surface area contributed by atoms with E-state index in [0.717, 1.165) is 13.1 Å². The fourth-order valence-electron chi connectivity index (χ4n) is 3.00. The summed E-state index contributed by atoms with van der Waals surface area (Å²) in [5, 5.41) is 3.37. The molecule has 118 valence electrons. The van der Waals surface area contributed by atoms with Gasteiger partial charge in [-0.15, -0.1) is 0 Å². The molecule has 1 aromatic rings. The zero-order valence-corrected chi connectivity index (χ0v) is 13.5. The number of nitrogens with zero attached hydrogens (tertiary/aromatic N) is 3. The van der Waals surface area contributed by atoms with Gasteiger partial charge in [0.15, 0.2) is 0 Å². The van der Waals surface area contributed by atoms with Crippen LogP contribution in [0.15, 0.2) is 6.07 Å². The molecule has 0 saturated heterocycles. The minimum atomic E-state index is 0.203. The average molecular weight is 294 g/mol. The van der Waals surface area contributed by atoms with E-state index < -0.39 is 0 Å². The van der Waals surface area contributed by atoms with Gasteiger partial charge in [-0.2, -0.15) is 9.97 Å². The molecule has 0 aromatic carbocycles. The van der Waals surface area contributed by atoms with Gasteiger partial charge in [-0.3, -0.25) is 4.90 Å². The van der Waals surface area contributed by atoms with Crippen LogP contribution in [-0.4, -0.2) is 54.8 Å². The van der Waals surface area contributed by atoms with Gasteiger partial charge in [-0.1, -0.05) is 19.8 Å². The molecule has 0 amide bonds. The predicted octanol–water partition coefficient (Wildman–Crippen LogP) is 2.17. The molecular weight excluding hydrogens is 268 g/mol. The summed E-state index contributed by atoms with van der Waals surface area (Å²) in [7, 11) is 5.38. The largest absolute Gasteiger partial charge is 0.481 e. The topological polar surface area (TPSA) is 59.5 Å². The van der Waals surface area contributed by atoms with Gasteiger partial charge in [-0.05, 0) is 26.4 Å². The highest BCUT2D eigenvalue weighted by Crippen LogP contribution is 2.34. The van der Waals surface area contributed by atoms with E-state index in [-0.39, 0.29) is 5.54 Å². The molecule has 1 heterocycles. The van der Waals surface area contributed by atoms with Gasteiger partial charge < -0.3 is 14.8 Å². The molecular formula is C15H26N4O2. The Balaban J connectivity index is 2.10. The molecule has 1 N–H and O–H groups in total. The van der Waals surface area contributed by atoms with Crippen LogP contribution in [0.3, 0.4) is 0 Å². The third kappa shape index (κ3) is 3.56. The maximum absolute atomic E-state index is 5.18. The van der Waals surface area contributed by atoms with Crippen LogP contribution in [0.1, 0.15) is 32.6 Å². The molecule has 1 aromatic heterocycles. The normalized spacial score (nSPS) is 17.0. The van der Waals surface area contributed by atoms with Crippen molar-refractivity contribution < 1.29 is 9.47 Å². The number of rotatable bonds is 7. The highest BCUT2D eigenvalue weighted by Gasteiger charge is 2.36. The van der Waals surface area contributed by atoms with Crippen LogP contribution < -0.4 is 14.8 Å². The minimum absolute atomic E-state index is 0.203. The van der Waals surface area contributed by atoms with E-state index in [4.69, 9.17) is 9.47 Å². The Bertz CT molecular complexity index is 439. The first-order valence-electron chi connectivity index (χ1n) is 7.55. The van der Waals surface area contributed by atoms with Crippen LogP contribution in [0, 0.1) is 0 Å². The molecule has 1 aliphatic carbocycles. The Hall–Kier alpha value is -1.56. The monoisotopic (exact) mass is 294 g/mol. The molecule has 6 nitrogen and oxygen atoms in total. The fourth-order valence-corrected chi connectivity index (χ4v) is 3.00. The van der Waals surface area contributed by atoms with E-state index in [1.165, 1.54) is 25.7 Å². The van der Waals surface area contributed by atoms with Gasteiger partial charge >= 0.3 is 0 Å². The Morgan fingerprint density at radius 3 is 2.24 bits per heavy atom. The van der Waals surface area contributed by atoms with Crippen molar-refractivity contribution in [2.75, 3.05) is 39.7 Å². The number of ether oxygens (including phenoxy) is 2. The number of hydrogen-bond acceptors (Lipinski definition) is 6. The van der Waals surface area contributed by atoms with Gasteiger partial charge in [0, 0.05) is 12.1 Å². The lowest BCUT2D eigenvalue weighted by Gasteiger charge is -2.38. The molecule has 0 radical (unpaired) electrons. The SMILES string of the molecule is CCN(C)C1(CNc2nc(OC)cc(OC)n2)CCCC1. The lowest BCUT2D eigenvalue weighted by molar-refractivity contribution is 0.144. The standard InChI is InChI=1S/C15H26N4O2/c1-5-19(2)15(8-6-7-9-15)11-16-14-17-12(20-3)10-13(18-14)21-4/h10H,5-9,11H2,1-4H3,(H,16,17,18). The number of anilines is 1. The van der Waals surface area contributed by atoms with Crippen molar-refractivity contribution in [3.8, 4) is 11.8 Å². The highest BCUT2D eigenvalue weighted by atomic mass is 16.5. The molecule has 0 aliphatic heterocycles. The van der Waals surface area contributed by atoms with Crippen LogP contribution in [0.4, 0.5) is 5.95 Å². The number of likely N-dealkylation sites (N-methyl/N-ethyl adjacent to an activating group) is 1. The van der Waals surface area contributed by atoms with Crippen molar-refractivity contribution in [3.63, 3.8) is 0 Å². The van der Waals surface area contributed by atoms with Gasteiger partial charge in [0.1, 0.15) is 0 Å². The van der Waals surface area contributed by atoms with Gasteiger partial charge in [0.25, 0.3) is 0 Å². The summed E-state index contributed by atoms with van der Waals surface area (Å²) >= 11 is 0. The quantitative estimate of drug-likeness (QED) is 0.831. The van der Waals surface area contributed by atoms with Crippen molar-refractivity contribution in [2.24, 2.45) is 0 Å². The van der Waals surface area contributed by atoms with E-state index in [1.807, 2.05) is 0 Å². The summed E-state index contributed by atoms with van der Waals surface area (Å²) in [4.78, 5) is 11.1. The zero-order valence-electron chi connectivity index (χ0n) is 13.5. The summed E-state index contributed by atoms with van der Waals surface area (Å²) in [6.45, 7) is 4.09. The molecule has 1 fully saturated rings. The smallest absolute Gasteiger partial charge is 0.229 e. The lowest BCUT2D eigenvalue weighted by Crippen LogP contribution is -2.49. The number of methoxy groups -OCH3 is 2. The molecule has 1 aliphatic rings. The number of hydrogen-bond donors (Lipinski definition) is 1. The first-order valence-corrected chi connectivity index (χ1v) is 7.55. The summed E-state index contributed by atoms with van der Waals surface area (Å²) in [6.07, 6.45) is 5.00. The minimum Gasteiger partial charge on any atom is -0.481 e. The van der Waals surface area contributed by atoms with Crippen molar-refractivity contribution in [2.45, 2.75) is 38.1 Å². The third-order valence-corrected chi connectivity index (χ3v) is 4.49. The number of aromatic nitrogens is 2. The second kappa shape index (κ2) is 6.93. The van der Waals surface area contributed by atoms with Gasteiger partial charge in [0.05, 0.1) is 20.3 Å². The van der Waals surface area contributed by atoms with E-state index in [2.05, 4.69) is 34.2 Å². The molecule has 6 heteroatoms. The first-order chi connectivity index (χ1) is 10.1. The van der Waals surface area contributed by atoms with E-state index in [0.29, 0.717) is 17.7 Å². The Kier molecular flexibility index (Phi) is 5.22. The van der Waals surface area contributed by atoms with Crippen molar-refractivity contribution in [1.29, 1.82) is 0 Å². The maximum Gasteiger partial charge on any atom is 0.229 e. The van der Waals surface area contributed by atoms with Crippen molar-refractivity contribution in [3.05, 3.63) is 6.07 Å². The van der Waals surface area contributed by atoms with Gasteiger partial charge in [-0.25, -0.2) is 0 Å². The van der Waals surface area contributed by atoms with Crippen LogP contribution in [0.5, 0.6) is 11.8 Å². The van der Waals surface area contributed by atoms with Crippen LogP contribution in [0.2, 0.25) is 0 Å². The molecule has 0 spiro atoms. The maximum atomic E-state index is 5.18. The van der Waals surface area contributed by atoms with Crippen LogP contribution in [0.25, 0.3) is 0 Å². The Labute approximate surface area is 126 Å². The second-order valence-electron chi connectivity index (χ2n) is 5.58. The molecule has 1 saturated carbocycles. The third-order valence-electron chi connectivity index (χ3n) is 4.49. The molecule has 0 atom stereocenters. The summed E-state index contributed by atoms with van der Waals surface area (Å²) in [5.41, 5.74) is 0.203. The fraction of sp³-hybridized carbons (Fsp3) is 0.733. The van der Waals surface area contributed by atoms with Gasteiger partial charge in [0.2, 0.25) is 17.7 Å². The summed E-state index contributed by atoms with van der Waals surface area (Å²) in [6, 6.07) is 1.68. The summed E-state index contributed by atoms with van der Waals surface area (Å²) < 4.78 is 10.4.